The Hall–Kier alpha value is -2.24. The van der Waals surface area contributed by atoms with Crippen LogP contribution in [0.3, 0.4) is 0 Å². The Balaban J connectivity index is 2.93. The quantitative estimate of drug-likeness (QED) is 0.696. The number of nitrogen functional groups attached to an aromatic ring is 1. The lowest BCUT2D eigenvalue weighted by Gasteiger charge is -2.22. The maximum absolute atomic E-state index is 11.9. The summed E-state index contributed by atoms with van der Waals surface area (Å²) in [4.78, 5) is 24.7. The number of hydrogen-bond donors (Lipinski definition) is 3. The monoisotopic (exact) mass is 278 g/mol. The van der Waals surface area contributed by atoms with Crippen molar-refractivity contribution in [1.29, 1.82) is 0 Å². The number of rotatable bonds is 5. The number of nitrogens with one attached hydrogen (secondary N) is 1. The average molecular weight is 278 g/mol. The van der Waals surface area contributed by atoms with E-state index in [9.17, 15) is 9.59 Å². The van der Waals surface area contributed by atoms with Crippen LogP contribution in [-0.4, -0.2) is 37.4 Å². The standard InChI is InChI=1S/C14H22N4O2/c1-14(2,13(16)20)8-17-11-7-9(5-6-10(11)15)12(19)18(3)4/h5-7,17H,8,15H2,1-4H3,(H2,16,20). The number of nitrogens with zero attached hydrogens (tertiary/aromatic N) is 1. The van der Waals surface area contributed by atoms with Gasteiger partial charge >= 0.3 is 0 Å². The van der Waals surface area contributed by atoms with E-state index in [1.165, 1.54) is 4.90 Å². The number of hydrogen-bond acceptors (Lipinski definition) is 4. The van der Waals surface area contributed by atoms with Crippen molar-refractivity contribution >= 4 is 23.2 Å². The Bertz CT molecular complexity index is 524. The molecule has 0 saturated heterocycles. The number of amides is 2. The third-order valence-electron chi connectivity index (χ3n) is 3.09. The summed E-state index contributed by atoms with van der Waals surface area (Å²) in [5.74, 6) is -0.508. The molecule has 5 N–H and O–H groups in total. The fraction of sp³-hybridized carbons (Fsp3) is 0.429. The molecule has 0 spiro atoms. The molecular weight excluding hydrogens is 256 g/mol. The number of anilines is 2. The molecule has 1 aromatic carbocycles. The predicted octanol–water partition coefficient (Wildman–Crippen LogP) is 0.894. The van der Waals surface area contributed by atoms with E-state index < -0.39 is 11.3 Å². The minimum absolute atomic E-state index is 0.109. The van der Waals surface area contributed by atoms with E-state index in [1.54, 1.807) is 46.1 Å². The van der Waals surface area contributed by atoms with Crippen LogP contribution in [0.1, 0.15) is 24.2 Å². The number of carbonyl (C=O) groups excluding carboxylic acids is 2. The third-order valence-corrected chi connectivity index (χ3v) is 3.09. The molecule has 0 bridgehead atoms. The van der Waals surface area contributed by atoms with Gasteiger partial charge in [0.1, 0.15) is 0 Å². The zero-order valence-electron chi connectivity index (χ0n) is 12.4. The fourth-order valence-corrected chi connectivity index (χ4v) is 1.50. The van der Waals surface area contributed by atoms with Gasteiger partial charge in [0.05, 0.1) is 16.8 Å². The van der Waals surface area contributed by atoms with Gasteiger partial charge in [-0.2, -0.15) is 0 Å². The Labute approximate surface area is 119 Å². The van der Waals surface area contributed by atoms with Crippen LogP contribution in [0.4, 0.5) is 11.4 Å². The van der Waals surface area contributed by atoms with Crippen LogP contribution in [0, 0.1) is 5.41 Å². The van der Waals surface area contributed by atoms with Crippen molar-refractivity contribution in [1.82, 2.24) is 4.90 Å². The third kappa shape index (κ3) is 3.63. The van der Waals surface area contributed by atoms with Crippen LogP contribution < -0.4 is 16.8 Å². The van der Waals surface area contributed by atoms with Crippen LogP contribution in [0.15, 0.2) is 18.2 Å². The molecule has 0 aliphatic heterocycles. The summed E-state index contributed by atoms with van der Waals surface area (Å²) in [6.45, 7) is 3.83. The van der Waals surface area contributed by atoms with Crippen LogP contribution in [-0.2, 0) is 4.79 Å². The molecule has 0 atom stereocenters. The van der Waals surface area contributed by atoms with Gasteiger partial charge in [0.15, 0.2) is 0 Å². The van der Waals surface area contributed by atoms with Gasteiger partial charge in [-0.25, -0.2) is 0 Å². The maximum Gasteiger partial charge on any atom is 0.253 e. The first-order chi connectivity index (χ1) is 9.15. The van der Waals surface area contributed by atoms with Gasteiger partial charge in [0, 0.05) is 26.2 Å². The largest absolute Gasteiger partial charge is 0.397 e. The van der Waals surface area contributed by atoms with Crippen molar-refractivity contribution in [2.24, 2.45) is 11.1 Å². The van der Waals surface area contributed by atoms with E-state index in [2.05, 4.69) is 5.32 Å². The SMILES string of the molecule is CN(C)C(=O)c1ccc(N)c(NCC(C)(C)C(N)=O)c1. The summed E-state index contributed by atoms with van der Waals surface area (Å²) < 4.78 is 0. The highest BCUT2D eigenvalue weighted by atomic mass is 16.2. The highest BCUT2D eigenvalue weighted by Crippen LogP contribution is 2.23. The van der Waals surface area contributed by atoms with E-state index in [1.807, 2.05) is 0 Å². The highest BCUT2D eigenvalue weighted by molar-refractivity contribution is 5.96. The maximum atomic E-state index is 11.9. The van der Waals surface area contributed by atoms with Gasteiger partial charge in [0.2, 0.25) is 5.91 Å². The Kier molecular flexibility index (Phi) is 4.60. The topological polar surface area (TPSA) is 101 Å². The van der Waals surface area contributed by atoms with E-state index in [-0.39, 0.29) is 5.91 Å². The summed E-state index contributed by atoms with van der Waals surface area (Å²) in [6, 6.07) is 5.01. The molecule has 0 heterocycles. The number of carbonyl (C=O) groups is 2. The first-order valence-electron chi connectivity index (χ1n) is 6.30. The highest BCUT2D eigenvalue weighted by Gasteiger charge is 2.24. The second-order valence-electron chi connectivity index (χ2n) is 5.60. The minimum atomic E-state index is -0.700. The molecule has 20 heavy (non-hydrogen) atoms. The molecule has 0 fully saturated rings. The normalized spacial score (nSPS) is 11.0. The molecule has 6 nitrogen and oxygen atoms in total. The number of benzene rings is 1. The molecule has 0 unspecified atom stereocenters. The molecule has 0 aliphatic rings. The lowest BCUT2D eigenvalue weighted by Crippen LogP contribution is -2.37. The summed E-state index contributed by atoms with van der Waals surface area (Å²) in [7, 11) is 3.37. The average Bonchev–Trinajstić information content (AvgIpc) is 2.36. The second-order valence-corrected chi connectivity index (χ2v) is 5.60. The zero-order valence-corrected chi connectivity index (χ0v) is 12.4. The summed E-state index contributed by atoms with van der Waals surface area (Å²) in [5.41, 5.74) is 12.1. The van der Waals surface area contributed by atoms with E-state index in [0.717, 1.165) is 0 Å². The molecule has 110 valence electrons. The Morgan fingerprint density at radius 2 is 1.90 bits per heavy atom. The number of primary amides is 1. The lowest BCUT2D eigenvalue weighted by molar-refractivity contribution is -0.125. The molecule has 2 amide bonds. The zero-order chi connectivity index (χ0) is 15.5. The fourth-order valence-electron chi connectivity index (χ4n) is 1.50. The van der Waals surface area contributed by atoms with E-state index >= 15 is 0 Å². The smallest absolute Gasteiger partial charge is 0.253 e. The van der Waals surface area contributed by atoms with Crippen molar-refractivity contribution in [2.75, 3.05) is 31.7 Å². The van der Waals surface area contributed by atoms with Gasteiger partial charge in [-0.15, -0.1) is 0 Å². The first-order valence-corrected chi connectivity index (χ1v) is 6.30. The van der Waals surface area contributed by atoms with Crippen LogP contribution in [0.5, 0.6) is 0 Å². The van der Waals surface area contributed by atoms with Gasteiger partial charge in [-0.05, 0) is 32.0 Å². The van der Waals surface area contributed by atoms with Crippen molar-refractivity contribution < 1.29 is 9.59 Å². The molecular formula is C14H22N4O2. The molecule has 0 saturated carbocycles. The second kappa shape index (κ2) is 5.81. The van der Waals surface area contributed by atoms with Crippen molar-refractivity contribution in [3.8, 4) is 0 Å². The summed E-state index contributed by atoms with van der Waals surface area (Å²) in [6.07, 6.45) is 0. The summed E-state index contributed by atoms with van der Waals surface area (Å²) in [5, 5.41) is 3.07. The van der Waals surface area contributed by atoms with Gasteiger partial charge in [-0.1, -0.05) is 0 Å². The van der Waals surface area contributed by atoms with Crippen LogP contribution in [0.2, 0.25) is 0 Å². The van der Waals surface area contributed by atoms with Gasteiger partial charge < -0.3 is 21.7 Å². The predicted molar refractivity (Wildman–Crippen MR) is 80.3 cm³/mol. The van der Waals surface area contributed by atoms with Crippen molar-refractivity contribution in [3.05, 3.63) is 23.8 Å². The number of nitrogens with two attached hydrogens (primary N) is 2. The van der Waals surface area contributed by atoms with Crippen LogP contribution in [0.25, 0.3) is 0 Å². The molecule has 0 aliphatic carbocycles. The van der Waals surface area contributed by atoms with Crippen molar-refractivity contribution in [2.45, 2.75) is 13.8 Å². The van der Waals surface area contributed by atoms with Gasteiger partial charge in [0.25, 0.3) is 5.91 Å². The van der Waals surface area contributed by atoms with Crippen molar-refractivity contribution in [3.63, 3.8) is 0 Å². The van der Waals surface area contributed by atoms with E-state index in [4.69, 9.17) is 11.5 Å². The van der Waals surface area contributed by atoms with E-state index in [0.29, 0.717) is 23.5 Å². The molecule has 6 heteroatoms. The van der Waals surface area contributed by atoms with Gasteiger partial charge in [-0.3, -0.25) is 9.59 Å². The Morgan fingerprint density at radius 3 is 2.40 bits per heavy atom. The van der Waals surface area contributed by atoms with Crippen LogP contribution >= 0.6 is 0 Å². The Morgan fingerprint density at radius 1 is 1.30 bits per heavy atom. The molecule has 0 aromatic heterocycles. The minimum Gasteiger partial charge on any atom is -0.397 e. The molecule has 0 radical (unpaired) electrons. The summed E-state index contributed by atoms with van der Waals surface area (Å²) >= 11 is 0. The molecule has 1 rings (SSSR count). The molecule has 1 aromatic rings. The lowest BCUT2D eigenvalue weighted by atomic mass is 9.92. The first kappa shape index (κ1) is 15.8.